The molecule has 0 atom stereocenters. The quantitative estimate of drug-likeness (QED) is 0.531. The second kappa shape index (κ2) is 2.36. The molecule has 0 aromatic carbocycles. The fourth-order valence-corrected chi connectivity index (χ4v) is 0.766. The van der Waals surface area contributed by atoms with Crippen molar-refractivity contribution in [1.29, 1.82) is 5.26 Å². The van der Waals surface area contributed by atoms with E-state index in [-0.39, 0.29) is 0 Å². The van der Waals surface area contributed by atoms with Gasteiger partial charge >= 0.3 is 0 Å². The minimum absolute atomic E-state index is 0.502. The van der Waals surface area contributed by atoms with Gasteiger partial charge in [-0.05, 0) is 6.07 Å². The van der Waals surface area contributed by atoms with Gasteiger partial charge in [-0.2, -0.15) is 5.26 Å². The van der Waals surface area contributed by atoms with Crippen LogP contribution in [0.4, 0.5) is 0 Å². The van der Waals surface area contributed by atoms with E-state index in [4.69, 9.17) is 5.26 Å². The smallest absolute Gasteiger partial charge is 0.151 e. The Balaban J connectivity index is 3.19. The van der Waals surface area contributed by atoms with E-state index in [2.05, 4.69) is 0 Å². The van der Waals surface area contributed by atoms with Crippen LogP contribution in [0, 0.1) is 11.3 Å². The summed E-state index contributed by atoms with van der Waals surface area (Å²) in [5, 5.41) is 8.44. The maximum atomic E-state index is 10.2. The van der Waals surface area contributed by atoms with Gasteiger partial charge in [-0.25, -0.2) is 0 Å². The van der Waals surface area contributed by atoms with Gasteiger partial charge in [0.25, 0.3) is 0 Å². The summed E-state index contributed by atoms with van der Waals surface area (Å²) in [7, 11) is 1.73. The van der Waals surface area contributed by atoms with Crippen LogP contribution < -0.4 is 0 Å². The standard InChI is InChI=1S/C7H6N2O/c1-9-4-6(5-10)2-7(9)3-8/h2,4-5H,1H3. The molecule has 1 heterocycles. The largest absolute Gasteiger partial charge is 0.342 e. The summed E-state index contributed by atoms with van der Waals surface area (Å²) in [5.74, 6) is 0. The molecule has 0 unspecified atom stereocenters. The molecule has 0 aliphatic carbocycles. The topological polar surface area (TPSA) is 45.8 Å². The van der Waals surface area contributed by atoms with Crippen LogP contribution in [0.15, 0.2) is 12.3 Å². The molecule has 0 saturated heterocycles. The summed E-state index contributed by atoms with van der Waals surface area (Å²) in [6, 6.07) is 3.50. The van der Waals surface area contributed by atoms with Crippen molar-refractivity contribution in [1.82, 2.24) is 4.57 Å². The van der Waals surface area contributed by atoms with Crippen LogP contribution in [0.2, 0.25) is 0 Å². The third kappa shape index (κ3) is 0.914. The van der Waals surface area contributed by atoms with E-state index in [0.29, 0.717) is 11.3 Å². The van der Waals surface area contributed by atoms with E-state index >= 15 is 0 Å². The summed E-state index contributed by atoms with van der Waals surface area (Å²) in [6.07, 6.45) is 2.34. The van der Waals surface area contributed by atoms with Crippen LogP contribution in [0.1, 0.15) is 16.1 Å². The Morgan fingerprint density at radius 2 is 2.50 bits per heavy atom. The lowest BCUT2D eigenvalue weighted by atomic mass is 10.3. The SMILES string of the molecule is Cn1cc(C=O)cc1C#N. The van der Waals surface area contributed by atoms with Crippen molar-refractivity contribution in [3.8, 4) is 6.07 Å². The number of aldehydes is 1. The number of rotatable bonds is 1. The van der Waals surface area contributed by atoms with Crippen molar-refractivity contribution >= 4 is 6.29 Å². The molecule has 1 aromatic rings. The molecule has 0 radical (unpaired) electrons. The second-order valence-electron chi connectivity index (χ2n) is 2.00. The van der Waals surface area contributed by atoms with E-state index < -0.39 is 0 Å². The Kier molecular flexibility index (Phi) is 1.55. The fourth-order valence-electron chi connectivity index (χ4n) is 0.766. The number of nitriles is 1. The third-order valence-electron chi connectivity index (χ3n) is 1.28. The van der Waals surface area contributed by atoms with Gasteiger partial charge < -0.3 is 4.57 Å². The molecular weight excluding hydrogens is 128 g/mol. The Labute approximate surface area is 58.5 Å². The van der Waals surface area contributed by atoms with Crippen LogP contribution in [0.25, 0.3) is 0 Å². The number of aryl methyl sites for hydroxylation is 1. The molecule has 0 bridgehead atoms. The molecule has 0 N–H and O–H groups in total. The number of aromatic nitrogens is 1. The van der Waals surface area contributed by atoms with Crippen molar-refractivity contribution in [2.75, 3.05) is 0 Å². The molecule has 1 rings (SSSR count). The van der Waals surface area contributed by atoms with Crippen LogP contribution >= 0.6 is 0 Å². The van der Waals surface area contributed by atoms with E-state index in [1.54, 1.807) is 23.9 Å². The van der Waals surface area contributed by atoms with Crippen molar-refractivity contribution in [2.24, 2.45) is 7.05 Å². The van der Waals surface area contributed by atoms with E-state index in [1.807, 2.05) is 6.07 Å². The van der Waals surface area contributed by atoms with Gasteiger partial charge in [0, 0.05) is 18.8 Å². The summed E-state index contributed by atoms with van der Waals surface area (Å²) in [6.45, 7) is 0. The van der Waals surface area contributed by atoms with Crippen molar-refractivity contribution < 1.29 is 4.79 Å². The van der Waals surface area contributed by atoms with Gasteiger partial charge in [-0.1, -0.05) is 0 Å². The average Bonchev–Trinajstić information content (AvgIpc) is 2.30. The number of nitrogens with zero attached hydrogens (tertiary/aromatic N) is 2. The summed E-state index contributed by atoms with van der Waals surface area (Å²) in [4.78, 5) is 10.2. The van der Waals surface area contributed by atoms with Gasteiger partial charge in [0.05, 0.1) is 0 Å². The Hall–Kier alpha value is -1.56. The van der Waals surface area contributed by atoms with Crippen LogP contribution in [0.3, 0.4) is 0 Å². The predicted molar refractivity (Wildman–Crippen MR) is 35.5 cm³/mol. The molecule has 3 heteroatoms. The molecule has 3 nitrogen and oxygen atoms in total. The Morgan fingerprint density at radius 3 is 2.80 bits per heavy atom. The highest BCUT2D eigenvalue weighted by Gasteiger charge is 1.98. The summed E-state index contributed by atoms with van der Waals surface area (Å²) >= 11 is 0. The molecule has 0 spiro atoms. The highest BCUT2D eigenvalue weighted by Crippen LogP contribution is 2.02. The third-order valence-corrected chi connectivity index (χ3v) is 1.28. The first-order valence-corrected chi connectivity index (χ1v) is 2.79. The lowest BCUT2D eigenvalue weighted by Gasteiger charge is -1.87. The maximum Gasteiger partial charge on any atom is 0.151 e. The first-order valence-electron chi connectivity index (χ1n) is 2.79. The van der Waals surface area contributed by atoms with Crippen molar-refractivity contribution in [3.63, 3.8) is 0 Å². The van der Waals surface area contributed by atoms with Crippen molar-refractivity contribution in [3.05, 3.63) is 23.5 Å². The first kappa shape index (κ1) is 6.56. The number of hydrogen-bond acceptors (Lipinski definition) is 2. The predicted octanol–water partition coefficient (Wildman–Crippen LogP) is 0.709. The second-order valence-corrected chi connectivity index (χ2v) is 2.00. The van der Waals surface area contributed by atoms with Gasteiger partial charge in [0.2, 0.25) is 0 Å². The van der Waals surface area contributed by atoms with E-state index in [0.717, 1.165) is 6.29 Å². The molecule has 0 amide bonds. The Morgan fingerprint density at radius 1 is 1.80 bits per heavy atom. The Bertz CT molecular complexity index is 293. The maximum absolute atomic E-state index is 10.2. The average molecular weight is 134 g/mol. The highest BCUT2D eigenvalue weighted by molar-refractivity contribution is 5.75. The fraction of sp³-hybridized carbons (Fsp3) is 0.143. The monoisotopic (exact) mass is 134 g/mol. The van der Waals surface area contributed by atoms with Gasteiger partial charge in [-0.3, -0.25) is 4.79 Å². The minimum Gasteiger partial charge on any atom is -0.342 e. The lowest BCUT2D eigenvalue weighted by molar-refractivity contribution is 0.112. The molecule has 0 fully saturated rings. The van der Waals surface area contributed by atoms with Crippen LogP contribution in [0.5, 0.6) is 0 Å². The molecule has 0 aliphatic rings. The molecule has 1 aromatic heterocycles. The normalized spacial score (nSPS) is 8.80. The summed E-state index contributed by atoms with van der Waals surface area (Å²) in [5.41, 5.74) is 1.04. The number of hydrogen-bond donors (Lipinski definition) is 0. The zero-order valence-corrected chi connectivity index (χ0v) is 5.53. The van der Waals surface area contributed by atoms with Crippen LogP contribution in [-0.4, -0.2) is 10.9 Å². The summed E-state index contributed by atoms with van der Waals surface area (Å²) < 4.78 is 1.61. The molecule has 0 aliphatic heterocycles. The van der Waals surface area contributed by atoms with Gasteiger partial charge in [0.1, 0.15) is 11.8 Å². The van der Waals surface area contributed by atoms with Crippen molar-refractivity contribution in [2.45, 2.75) is 0 Å². The molecular formula is C7H6N2O. The minimum atomic E-state index is 0.502. The molecule has 10 heavy (non-hydrogen) atoms. The molecule has 0 saturated carbocycles. The van der Waals surface area contributed by atoms with E-state index in [1.165, 1.54) is 0 Å². The molecule has 50 valence electrons. The van der Waals surface area contributed by atoms with E-state index in [9.17, 15) is 4.79 Å². The zero-order chi connectivity index (χ0) is 7.56. The first-order chi connectivity index (χ1) is 4.77. The highest BCUT2D eigenvalue weighted by atomic mass is 16.1. The number of carbonyl (C=O) groups is 1. The van der Waals surface area contributed by atoms with Gasteiger partial charge in [-0.15, -0.1) is 0 Å². The lowest BCUT2D eigenvalue weighted by Crippen LogP contribution is -1.86. The van der Waals surface area contributed by atoms with Gasteiger partial charge in [0.15, 0.2) is 6.29 Å². The number of carbonyl (C=O) groups excluding carboxylic acids is 1. The van der Waals surface area contributed by atoms with Crippen LogP contribution in [-0.2, 0) is 7.05 Å². The zero-order valence-electron chi connectivity index (χ0n) is 5.53.